The third-order valence-corrected chi connectivity index (χ3v) is 3.97. The van der Waals surface area contributed by atoms with Gasteiger partial charge in [-0.1, -0.05) is 23.7 Å². The summed E-state index contributed by atoms with van der Waals surface area (Å²) in [6.45, 7) is 3.40. The molecule has 1 heterocycles. The van der Waals surface area contributed by atoms with Crippen molar-refractivity contribution in [1.29, 1.82) is 0 Å². The van der Waals surface area contributed by atoms with Crippen LogP contribution in [-0.4, -0.2) is 15.9 Å². The average Bonchev–Trinajstić information content (AvgIpc) is 2.61. The lowest BCUT2D eigenvalue weighted by Gasteiger charge is -2.11. The molecule has 1 aromatic heterocycles. The number of amides is 1. The maximum absolute atomic E-state index is 13.8. The molecule has 0 aliphatic heterocycles. The first-order valence-corrected chi connectivity index (χ1v) is 8.35. The van der Waals surface area contributed by atoms with Crippen molar-refractivity contribution in [2.75, 3.05) is 10.6 Å². The number of aromatic nitrogens is 2. The molecule has 138 valence electrons. The summed E-state index contributed by atoms with van der Waals surface area (Å²) in [6, 6.07) is 9.92. The standard InChI is InChI=1S/C19H15ClF2N4O/c1-10-6-7-12(20)8-15(10)25-19(27)16-9-17(24-11(2)23-16)26-18-13(21)4-3-5-14(18)22/h3-9H,1-2H3,(H,25,27)(H,23,24,26). The third kappa shape index (κ3) is 4.38. The molecule has 0 atom stereocenters. The Kier molecular flexibility index (Phi) is 5.32. The summed E-state index contributed by atoms with van der Waals surface area (Å²) in [5.74, 6) is -1.68. The number of carbonyl (C=O) groups is 1. The summed E-state index contributed by atoms with van der Waals surface area (Å²) in [7, 11) is 0. The van der Waals surface area contributed by atoms with Crippen LogP contribution < -0.4 is 10.6 Å². The Bertz CT molecular complexity index is 1010. The van der Waals surface area contributed by atoms with E-state index in [0.29, 0.717) is 10.7 Å². The number of aryl methyl sites for hydroxylation is 2. The average molecular weight is 389 g/mol. The van der Waals surface area contributed by atoms with Gasteiger partial charge in [0.25, 0.3) is 5.91 Å². The Morgan fingerprint density at radius 3 is 2.44 bits per heavy atom. The van der Waals surface area contributed by atoms with Crippen LogP contribution in [0.5, 0.6) is 0 Å². The van der Waals surface area contributed by atoms with E-state index in [-0.39, 0.29) is 23.0 Å². The summed E-state index contributed by atoms with van der Waals surface area (Å²) < 4.78 is 27.7. The van der Waals surface area contributed by atoms with Crippen molar-refractivity contribution in [2.24, 2.45) is 0 Å². The molecule has 1 amide bonds. The van der Waals surface area contributed by atoms with Crippen LogP contribution in [0.25, 0.3) is 0 Å². The highest BCUT2D eigenvalue weighted by Crippen LogP contribution is 2.24. The fourth-order valence-corrected chi connectivity index (χ4v) is 2.58. The molecule has 0 spiro atoms. The zero-order chi connectivity index (χ0) is 19.6. The number of carbonyl (C=O) groups excluding carboxylic acids is 1. The molecule has 2 aromatic carbocycles. The van der Waals surface area contributed by atoms with Gasteiger partial charge in [-0.15, -0.1) is 0 Å². The number of hydrogen-bond acceptors (Lipinski definition) is 4. The zero-order valence-corrected chi connectivity index (χ0v) is 15.2. The molecule has 0 saturated carbocycles. The number of benzene rings is 2. The van der Waals surface area contributed by atoms with E-state index in [1.165, 1.54) is 12.1 Å². The SMILES string of the molecule is Cc1nc(Nc2c(F)cccc2F)cc(C(=O)Nc2cc(Cl)ccc2C)n1. The third-order valence-electron chi connectivity index (χ3n) is 3.73. The summed E-state index contributed by atoms with van der Waals surface area (Å²) in [5.41, 5.74) is 1.05. The fraction of sp³-hybridized carbons (Fsp3) is 0.105. The number of anilines is 3. The van der Waals surface area contributed by atoms with E-state index < -0.39 is 17.5 Å². The highest BCUT2D eigenvalue weighted by atomic mass is 35.5. The second-order valence-electron chi connectivity index (χ2n) is 5.82. The lowest BCUT2D eigenvalue weighted by molar-refractivity contribution is 0.102. The van der Waals surface area contributed by atoms with E-state index in [2.05, 4.69) is 20.6 Å². The second kappa shape index (κ2) is 7.67. The number of rotatable bonds is 4. The van der Waals surface area contributed by atoms with Crippen LogP contribution >= 0.6 is 11.6 Å². The summed E-state index contributed by atoms with van der Waals surface area (Å²) in [6.07, 6.45) is 0. The number of hydrogen-bond donors (Lipinski definition) is 2. The second-order valence-corrected chi connectivity index (χ2v) is 6.26. The van der Waals surface area contributed by atoms with Crippen molar-refractivity contribution < 1.29 is 13.6 Å². The lowest BCUT2D eigenvalue weighted by Crippen LogP contribution is -2.16. The molecule has 5 nitrogen and oxygen atoms in total. The van der Waals surface area contributed by atoms with Gasteiger partial charge < -0.3 is 10.6 Å². The molecular formula is C19H15ClF2N4O. The molecule has 8 heteroatoms. The summed E-state index contributed by atoms with van der Waals surface area (Å²) >= 11 is 5.96. The predicted octanol–water partition coefficient (Wildman–Crippen LogP) is 5.02. The lowest BCUT2D eigenvalue weighted by atomic mass is 10.2. The fourth-order valence-electron chi connectivity index (χ4n) is 2.41. The van der Waals surface area contributed by atoms with Gasteiger partial charge in [0.05, 0.1) is 0 Å². The Labute approximate surface area is 159 Å². The van der Waals surface area contributed by atoms with Crippen LogP contribution in [-0.2, 0) is 0 Å². The number of nitrogens with zero attached hydrogens (tertiary/aromatic N) is 2. The van der Waals surface area contributed by atoms with Crippen molar-refractivity contribution in [1.82, 2.24) is 9.97 Å². The van der Waals surface area contributed by atoms with Crippen molar-refractivity contribution >= 4 is 34.7 Å². The molecule has 3 aromatic rings. The van der Waals surface area contributed by atoms with Crippen LogP contribution in [0.2, 0.25) is 5.02 Å². The first-order valence-electron chi connectivity index (χ1n) is 7.97. The molecule has 0 unspecified atom stereocenters. The highest BCUT2D eigenvalue weighted by molar-refractivity contribution is 6.31. The molecule has 3 rings (SSSR count). The maximum atomic E-state index is 13.8. The molecule has 0 aliphatic rings. The van der Waals surface area contributed by atoms with Gasteiger partial charge in [0.1, 0.15) is 34.7 Å². The minimum atomic E-state index is -0.771. The quantitative estimate of drug-likeness (QED) is 0.658. The maximum Gasteiger partial charge on any atom is 0.274 e. The normalized spacial score (nSPS) is 10.6. The Morgan fingerprint density at radius 1 is 1.04 bits per heavy atom. The molecule has 27 heavy (non-hydrogen) atoms. The molecule has 0 fully saturated rings. The van der Waals surface area contributed by atoms with E-state index in [1.807, 2.05) is 6.92 Å². The summed E-state index contributed by atoms with van der Waals surface area (Å²) in [4.78, 5) is 20.7. The molecule has 0 radical (unpaired) electrons. The number of nitrogens with one attached hydrogen (secondary N) is 2. The van der Waals surface area contributed by atoms with Gasteiger partial charge in [-0.25, -0.2) is 18.7 Å². The van der Waals surface area contributed by atoms with Gasteiger partial charge >= 0.3 is 0 Å². The molecule has 2 N–H and O–H groups in total. The Balaban J connectivity index is 1.89. The molecule has 0 aliphatic carbocycles. The first kappa shape index (κ1) is 18.7. The molecule has 0 bridgehead atoms. The number of para-hydroxylation sites is 1. The van der Waals surface area contributed by atoms with E-state index in [9.17, 15) is 13.6 Å². The Morgan fingerprint density at radius 2 is 1.74 bits per heavy atom. The van der Waals surface area contributed by atoms with Gasteiger partial charge in [0, 0.05) is 16.8 Å². The van der Waals surface area contributed by atoms with E-state index >= 15 is 0 Å². The van der Waals surface area contributed by atoms with E-state index in [0.717, 1.165) is 17.7 Å². The van der Waals surface area contributed by atoms with E-state index in [1.54, 1.807) is 25.1 Å². The Hall–Kier alpha value is -3.06. The van der Waals surface area contributed by atoms with Crippen LogP contribution in [0.15, 0.2) is 42.5 Å². The monoisotopic (exact) mass is 388 g/mol. The van der Waals surface area contributed by atoms with Gasteiger partial charge in [-0.2, -0.15) is 0 Å². The smallest absolute Gasteiger partial charge is 0.274 e. The van der Waals surface area contributed by atoms with Crippen LogP contribution in [0, 0.1) is 25.5 Å². The predicted molar refractivity (Wildman–Crippen MR) is 101 cm³/mol. The topological polar surface area (TPSA) is 66.9 Å². The van der Waals surface area contributed by atoms with Crippen molar-refractivity contribution in [3.8, 4) is 0 Å². The minimum absolute atomic E-state index is 0.0427. The van der Waals surface area contributed by atoms with Crippen molar-refractivity contribution in [3.05, 3.63) is 76.2 Å². The van der Waals surface area contributed by atoms with Crippen LogP contribution in [0.1, 0.15) is 21.9 Å². The molecular weight excluding hydrogens is 374 g/mol. The summed E-state index contributed by atoms with van der Waals surface area (Å²) in [5, 5.41) is 5.76. The van der Waals surface area contributed by atoms with Gasteiger partial charge in [0.15, 0.2) is 0 Å². The van der Waals surface area contributed by atoms with Crippen molar-refractivity contribution in [3.63, 3.8) is 0 Å². The van der Waals surface area contributed by atoms with Gasteiger partial charge in [0.2, 0.25) is 0 Å². The van der Waals surface area contributed by atoms with Gasteiger partial charge in [-0.05, 0) is 43.7 Å². The van der Waals surface area contributed by atoms with Crippen LogP contribution in [0.3, 0.4) is 0 Å². The van der Waals surface area contributed by atoms with Crippen LogP contribution in [0.4, 0.5) is 26.0 Å². The van der Waals surface area contributed by atoms with Gasteiger partial charge in [-0.3, -0.25) is 4.79 Å². The highest BCUT2D eigenvalue weighted by Gasteiger charge is 2.15. The first-order chi connectivity index (χ1) is 12.8. The van der Waals surface area contributed by atoms with E-state index in [4.69, 9.17) is 11.6 Å². The minimum Gasteiger partial charge on any atom is -0.335 e. The van der Waals surface area contributed by atoms with Crippen molar-refractivity contribution in [2.45, 2.75) is 13.8 Å². The largest absolute Gasteiger partial charge is 0.335 e. The molecule has 0 saturated heterocycles. The zero-order valence-electron chi connectivity index (χ0n) is 14.5. The number of halogens is 3.